The molecule has 1 atom stereocenters. The second kappa shape index (κ2) is 7.73. The van der Waals surface area contributed by atoms with Crippen LogP contribution in [0.15, 0.2) is 63.5 Å². The van der Waals surface area contributed by atoms with Gasteiger partial charge in [0, 0.05) is 11.4 Å². The standard InChI is InChI=1S/C20H18N4O2S2/c1-4-10-24-19(25)17-15(11-16(28-17)14-8-6-5-7-9-14)22-20(24)27-12(2)18-21-13(3)23-26-18/h4-9,11-12H,1,10H2,2-3H3/t12-/m1/s1. The molecule has 0 fully saturated rings. The van der Waals surface area contributed by atoms with Crippen LogP contribution in [-0.2, 0) is 6.54 Å². The highest BCUT2D eigenvalue weighted by Crippen LogP contribution is 2.35. The predicted octanol–water partition coefficient (Wildman–Crippen LogP) is 4.86. The van der Waals surface area contributed by atoms with Crippen LogP contribution in [0, 0.1) is 6.92 Å². The summed E-state index contributed by atoms with van der Waals surface area (Å²) in [6.07, 6.45) is 1.70. The third-order valence-corrected chi connectivity index (χ3v) is 6.38. The van der Waals surface area contributed by atoms with Gasteiger partial charge in [-0.2, -0.15) is 4.98 Å². The van der Waals surface area contributed by atoms with Crippen LogP contribution in [0.2, 0.25) is 0 Å². The Kier molecular flexibility index (Phi) is 5.15. The van der Waals surface area contributed by atoms with Crippen molar-refractivity contribution in [1.29, 1.82) is 0 Å². The van der Waals surface area contributed by atoms with Crippen molar-refractivity contribution in [2.24, 2.45) is 0 Å². The summed E-state index contributed by atoms with van der Waals surface area (Å²) in [5.74, 6) is 1.09. The Labute approximate surface area is 169 Å². The average Bonchev–Trinajstić information content (AvgIpc) is 3.32. The molecule has 0 aliphatic heterocycles. The lowest BCUT2D eigenvalue weighted by molar-refractivity contribution is 0.376. The highest BCUT2D eigenvalue weighted by atomic mass is 32.2. The van der Waals surface area contributed by atoms with E-state index < -0.39 is 0 Å². The van der Waals surface area contributed by atoms with Crippen LogP contribution >= 0.6 is 23.1 Å². The fourth-order valence-corrected chi connectivity index (χ4v) is 4.80. The summed E-state index contributed by atoms with van der Waals surface area (Å²) in [5, 5.41) is 4.32. The molecule has 0 amide bonds. The summed E-state index contributed by atoms with van der Waals surface area (Å²) in [4.78, 5) is 23.2. The van der Waals surface area contributed by atoms with Gasteiger partial charge in [0.2, 0.25) is 5.89 Å². The molecule has 4 rings (SSSR count). The van der Waals surface area contributed by atoms with Crippen molar-refractivity contribution in [3.05, 3.63) is 71.1 Å². The Morgan fingerprint density at radius 1 is 1.32 bits per heavy atom. The number of aryl methyl sites for hydroxylation is 1. The van der Waals surface area contributed by atoms with Gasteiger partial charge in [0.1, 0.15) is 4.70 Å². The van der Waals surface area contributed by atoms with Gasteiger partial charge in [0.05, 0.1) is 10.8 Å². The predicted molar refractivity (Wildman–Crippen MR) is 113 cm³/mol. The molecule has 4 aromatic rings. The minimum Gasteiger partial charge on any atom is -0.338 e. The van der Waals surface area contributed by atoms with Gasteiger partial charge in [-0.05, 0) is 25.5 Å². The molecular formula is C20H18N4O2S2. The number of thioether (sulfide) groups is 1. The number of thiophene rings is 1. The maximum atomic E-state index is 13.1. The first-order chi connectivity index (χ1) is 13.6. The van der Waals surface area contributed by atoms with Crippen molar-refractivity contribution < 1.29 is 4.52 Å². The summed E-state index contributed by atoms with van der Waals surface area (Å²) in [6.45, 7) is 7.89. The average molecular weight is 411 g/mol. The van der Waals surface area contributed by atoms with Crippen LogP contribution in [0.5, 0.6) is 0 Å². The van der Waals surface area contributed by atoms with Crippen molar-refractivity contribution in [2.45, 2.75) is 30.8 Å². The first-order valence-corrected chi connectivity index (χ1v) is 10.4. The molecule has 0 aliphatic carbocycles. The SMILES string of the molecule is C=CCn1c(S[C@H](C)c2nc(C)no2)nc2cc(-c3ccccc3)sc2c1=O. The quantitative estimate of drug-likeness (QED) is 0.257. The number of benzene rings is 1. The zero-order valence-corrected chi connectivity index (χ0v) is 17.1. The first kappa shape index (κ1) is 18.6. The Bertz CT molecular complexity index is 1190. The topological polar surface area (TPSA) is 73.8 Å². The number of aromatic nitrogens is 4. The summed E-state index contributed by atoms with van der Waals surface area (Å²) in [7, 11) is 0. The molecule has 0 bridgehead atoms. The zero-order valence-electron chi connectivity index (χ0n) is 15.5. The van der Waals surface area contributed by atoms with Crippen molar-refractivity contribution in [1.82, 2.24) is 19.7 Å². The number of hydrogen-bond acceptors (Lipinski definition) is 7. The van der Waals surface area contributed by atoms with Crippen molar-refractivity contribution in [3.63, 3.8) is 0 Å². The van der Waals surface area contributed by atoms with E-state index in [9.17, 15) is 4.79 Å². The molecule has 0 radical (unpaired) electrons. The van der Waals surface area contributed by atoms with Gasteiger partial charge in [-0.25, -0.2) is 4.98 Å². The maximum Gasteiger partial charge on any atom is 0.272 e. The number of hydrogen-bond donors (Lipinski definition) is 0. The molecule has 3 aromatic heterocycles. The number of rotatable bonds is 6. The molecule has 0 unspecified atom stereocenters. The van der Waals surface area contributed by atoms with Gasteiger partial charge < -0.3 is 4.52 Å². The van der Waals surface area contributed by atoms with Gasteiger partial charge in [0.15, 0.2) is 11.0 Å². The van der Waals surface area contributed by atoms with E-state index in [1.54, 1.807) is 17.6 Å². The fraction of sp³-hybridized carbons (Fsp3) is 0.200. The van der Waals surface area contributed by atoms with Crippen LogP contribution in [0.4, 0.5) is 0 Å². The molecule has 6 nitrogen and oxygen atoms in total. The number of allylic oxidation sites excluding steroid dienone is 1. The highest BCUT2D eigenvalue weighted by Gasteiger charge is 2.20. The molecular weight excluding hydrogens is 392 g/mol. The fourth-order valence-electron chi connectivity index (χ4n) is 2.80. The van der Waals surface area contributed by atoms with Crippen LogP contribution in [-0.4, -0.2) is 19.7 Å². The first-order valence-electron chi connectivity index (χ1n) is 8.74. The summed E-state index contributed by atoms with van der Waals surface area (Å²) in [5.41, 5.74) is 1.71. The van der Waals surface area contributed by atoms with Gasteiger partial charge in [-0.1, -0.05) is 53.3 Å². The third kappa shape index (κ3) is 3.53. The van der Waals surface area contributed by atoms with Gasteiger partial charge in [0.25, 0.3) is 5.56 Å². The summed E-state index contributed by atoms with van der Waals surface area (Å²) < 4.78 is 7.55. The molecule has 0 spiro atoms. The molecule has 3 heterocycles. The second-order valence-electron chi connectivity index (χ2n) is 6.23. The lowest BCUT2D eigenvalue weighted by Gasteiger charge is -2.12. The van der Waals surface area contributed by atoms with Gasteiger partial charge >= 0.3 is 0 Å². The van der Waals surface area contributed by atoms with Gasteiger partial charge in [-0.3, -0.25) is 9.36 Å². The van der Waals surface area contributed by atoms with Crippen LogP contribution in [0.25, 0.3) is 20.7 Å². The summed E-state index contributed by atoms with van der Waals surface area (Å²) in [6, 6.07) is 12.0. The Balaban J connectivity index is 1.79. The molecule has 28 heavy (non-hydrogen) atoms. The number of fused-ring (bicyclic) bond motifs is 1. The van der Waals surface area contributed by atoms with Crippen LogP contribution in [0.1, 0.15) is 23.9 Å². The Morgan fingerprint density at radius 3 is 2.79 bits per heavy atom. The molecule has 0 aliphatic rings. The Hall–Kier alpha value is -2.71. The van der Waals surface area contributed by atoms with E-state index in [-0.39, 0.29) is 10.8 Å². The van der Waals surface area contributed by atoms with Gasteiger partial charge in [-0.15, -0.1) is 17.9 Å². The lowest BCUT2D eigenvalue weighted by Crippen LogP contribution is -2.22. The summed E-state index contributed by atoms with van der Waals surface area (Å²) >= 11 is 2.89. The molecule has 0 saturated heterocycles. The smallest absolute Gasteiger partial charge is 0.272 e. The third-order valence-electron chi connectivity index (χ3n) is 4.14. The Morgan fingerprint density at radius 2 is 2.11 bits per heavy atom. The molecule has 142 valence electrons. The van der Waals surface area contributed by atoms with Crippen molar-refractivity contribution in [2.75, 3.05) is 0 Å². The molecule has 1 aromatic carbocycles. The maximum absolute atomic E-state index is 13.1. The van der Waals surface area contributed by atoms with Crippen LogP contribution in [0.3, 0.4) is 0 Å². The van der Waals surface area contributed by atoms with E-state index in [1.807, 2.05) is 43.3 Å². The van der Waals surface area contributed by atoms with E-state index in [0.29, 0.717) is 33.6 Å². The zero-order chi connectivity index (χ0) is 19.7. The molecule has 8 heteroatoms. The van der Waals surface area contributed by atoms with E-state index in [1.165, 1.54) is 23.1 Å². The lowest BCUT2D eigenvalue weighted by atomic mass is 10.2. The van der Waals surface area contributed by atoms with E-state index in [2.05, 4.69) is 16.7 Å². The largest absolute Gasteiger partial charge is 0.338 e. The minimum absolute atomic E-state index is 0.0616. The van der Waals surface area contributed by atoms with E-state index in [0.717, 1.165) is 10.4 Å². The number of nitrogens with zero attached hydrogens (tertiary/aromatic N) is 4. The second-order valence-corrected chi connectivity index (χ2v) is 8.59. The minimum atomic E-state index is -0.131. The van der Waals surface area contributed by atoms with Crippen LogP contribution < -0.4 is 5.56 Å². The van der Waals surface area contributed by atoms with E-state index >= 15 is 0 Å². The molecule has 0 N–H and O–H groups in total. The highest BCUT2D eigenvalue weighted by molar-refractivity contribution is 7.99. The monoisotopic (exact) mass is 410 g/mol. The van der Waals surface area contributed by atoms with Crippen molar-refractivity contribution >= 4 is 33.3 Å². The van der Waals surface area contributed by atoms with E-state index in [4.69, 9.17) is 9.51 Å². The molecule has 0 saturated carbocycles. The van der Waals surface area contributed by atoms with Crippen molar-refractivity contribution in [3.8, 4) is 10.4 Å². The normalized spacial score (nSPS) is 12.4.